The molecule has 0 atom stereocenters. The largest absolute Gasteiger partial charge is 0.365 e. The van der Waals surface area contributed by atoms with E-state index in [1.165, 1.54) is 17.8 Å². The van der Waals surface area contributed by atoms with Gasteiger partial charge in [0.2, 0.25) is 0 Å². The third-order valence-electron chi connectivity index (χ3n) is 2.00. The molecule has 0 aliphatic heterocycles. The van der Waals surface area contributed by atoms with Gasteiger partial charge in [0, 0.05) is 10.9 Å². The Morgan fingerprint density at radius 3 is 2.28 bits per heavy atom. The average Bonchev–Trinajstić information content (AvgIpc) is 3.05. The molecule has 0 aliphatic carbocycles. The Bertz CT molecular complexity index is 545. The van der Waals surface area contributed by atoms with Crippen molar-refractivity contribution in [2.45, 2.75) is 0 Å². The number of aromatic nitrogens is 2. The Balaban J connectivity index is 0.000000202. The van der Waals surface area contributed by atoms with Crippen LogP contribution in [0.4, 0.5) is 0 Å². The van der Waals surface area contributed by atoms with E-state index in [2.05, 4.69) is 14.1 Å². The van der Waals surface area contributed by atoms with E-state index in [4.69, 9.17) is 23.2 Å². The molecule has 1 aromatic carbocycles. The summed E-state index contributed by atoms with van der Waals surface area (Å²) in [7, 11) is 0. The zero-order valence-electron chi connectivity index (χ0n) is 9.09. The molecule has 0 fully saturated rings. The first-order valence-electron chi connectivity index (χ1n) is 4.98. The van der Waals surface area contributed by atoms with Gasteiger partial charge in [-0.25, -0.2) is 0 Å². The summed E-state index contributed by atoms with van der Waals surface area (Å²) in [5, 5.41) is 6.52. The van der Waals surface area contributed by atoms with Crippen LogP contribution in [0.5, 0.6) is 0 Å². The van der Waals surface area contributed by atoms with Crippen molar-refractivity contribution in [2.24, 2.45) is 0 Å². The summed E-state index contributed by atoms with van der Waals surface area (Å²) in [5.74, 6) is 0. The predicted octanol–water partition coefficient (Wildman–Crippen LogP) is 4.79. The van der Waals surface area contributed by atoms with Crippen LogP contribution in [0.1, 0.15) is 0 Å². The lowest BCUT2D eigenvalue weighted by atomic mass is 10.1. The highest BCUT2D eigenvalue weighted by molar-refractivity contribution is 7.03. The molecule has 0 aliphatic rings. The normalized spacial score (nSPS) is 9.67. The molecule has 92 valence electrons. The maximum atomic E-state index is 6.00. The van der Waals surface area contributed by atoms with Crippen molar-refractivity contribution < 1.29 is 4.52 Å². The Kier molecular flexibility index (Phi) is 4.75. The summed E-state index contributed by atoms with van der Waals surface area (Å²) in [4.78, 5) is 0. The minimum absolute atomic E-state index is 0.637. The molecule has 0 radical (unpaired) electrons. The van der Waals surface area contributed by atoms with Crippen LogP contribution in [0, 0.1) is 0 Å². The second kappa shape index (κ2) is 6.54. The molecule has 0 amide bonds. The molecular weight excluding hydrogens is 291 g/mol. The van der Waals surface area contributed by atoms with Crippen molar-refractivity contribution in [3.63, 3.8) is 0 Å². The fourth-order valence-corrected chi connectivity index (χ4v) is 2.37. The summed E-state index contributed by atoms with van der Waals surface area (Å²) in [6.07, 6.45) is 3.10. The van der Waals surface area contributed by atoms with Gasteiger partial charge in [0.25, 0.3) is 0 Å². The number of hydrogen-bond donors (Lipinski definition) is 0. The lowest BCUT2D eigenvalue weighted by Crippen LogP contribution is -1.79. The molecule has 0 bridgehead atoms. The maximum Gasteiger partial charge on any atom is 0.123 e. The summed E-state index contributed by atoms with van der Waals surface area (Å²) < 4.78 is 8.51. The standard InChI is InChI=1S/C9H5Cl2NS.C3H3NO/c10-6-2-1-3-7(11)9(6)8-4-5-13-12-8;1-2-4-5-3-1/h1-5H;1-3H. The molecule has 0 N–H and O–H groups in total. The smallest absolute Gasteiger partial charge is 0.123 e. The van der Waals surface area contributed by atoms with Crippen molar-refractivity contribution in [1.82, 2.24) is 9.53 Å². The van der Waals surface area contributed by atoms with E-state index >= 15 is 0 Å². The van der Waals surface area contributed by atoms with Gasteiger partial charge >= 0.3 is 0 Å². The van der Waals surface area contributed by atoms with E-state index in [1.807, 2.05) is 29.6 Å². The molecule has 2 heterocycles. The van der Waals surface area contributed by atoms with E-state index in [1.54, 1.807) is 12.3 Å². The molecule has 0 spiro atoms. The van der Waals surface area contributed by atoms with Crippen LogP contribution < -0.4 is 0 Å². The molecule has 3 rings (SSSR count). The van der Waals surface area contributed by atoms with Gasteiger partial charge < -0.3 is 4.52 Å². The SMILES string of the molecule is Clc1cccc(Cl)c1-c1ccsn1.c1cnoc1. The van der Waals surface area contributed by atoms with Crippen LogP contribution in [0.25, 0.3) is 11.3 Å². The van der Waals surface area contributed by atoms with E-state index in [-0.39, 0.29) is 0 Å². The summed E-state index contributed by atoms with van der Waals surface area (Å²) in [6.45, 7) is 0. The molecule has 0 unspecified atom stereocenters. The number of rotatable bonds is 1. The topological polar surface area (TPSA) is 38.9 Å². The minimum Gasteiger partial charge on any atom is -0.365 e. The van der Waals surface area contributed by atoms with Crippen LogP contribution in [0.2, 0.25) is 10.0 Å². The van der Waals surface area contributed by atoms with Crippen molar-refractivity contribution in [1.29, 1.82) is 0 Å². The van der Waals surface area contributed by atoms with Crippen molar-refractivity contribution in [3.8, 4) is 11.3 Å². The third kappa shape index (κ3) is 3.32. The lowest BCUT2D eigenvalue weighted by Gasteiger charge is -2.02. The van der Waals surface area contributed by atoms with Crippen LogP contribution in [-0.4, -0.2) is 9.53 Å². The van der Waals surface area contributed by atoms with Crippen molar-refractivity contribution in [3.05, 3.63) is 58.2 Å². The van der Waals surface area contributed by atoms with E-state index in [0.29, 0.717) is 10.0 Å². The van der Waals surface area contributed by atoms with Crippen molar-refractivity contribution >= 4 is 34.7 Å². The number of halogens is 2. The highest BCUT2D eigenvalue weighted by Crippen LogP contribution is 2.33. The van der Waals surface area contributed by atoms with Crippen molar-refractivity contribution in [2.75, 3.05) is 0 Å². The van der Waals surface area contributed by atoms with Gasteiger partial charge in [-0.05, 0) is 35.8 Å². The molecule has 6 heteroatoms. The second-order valence-electron chi connectivity index (χ2n) is 3.17. The Labute approximate surface area is 118 Å². The minimum atomic E-state index is 0.637. The molecular formula is C12H8Cl2N2OS. The summed E-state index contributed by atoms with van der Waals surface area (Å²) in [5.41, 5.74) is 1.65. The molecule has 18 heavy (non-hydrogen) atoms. The molecule has 3 nitrogen and oxygen atoms in total. The van der Waals surface area contributed by atoms with Crippen LogP contribution in [0.3, 0.4) is 0 Å². The number of hydrogen-bond acceptors (Lipinski definition) is 4. The van der Waals surface area contributed by atoms with E-state index < -0.39 is 0 Å². The first-order chi connectivity index (χ1) is 8.79. The first kappa shape index (κ1) is 13.1. The Morgan fingerprint density at radius 2 is 1.83 bits per heavy atom. The van der Waals surface area contributed by atoms with Gasteiger partial charge in [-0.3, -0.25) is 0 Å². The second-order valence-corrected chi connectivity index (χ2v) is 4.65. The fourth-order valence-electron chi connectivity index (χ4n) is 1.26. The quantitative estimate of drug-likeness (QED) is 0.648. The highest BCUT2D eigenvalue weighted by Gasteiger charge is 2.08. The fraction of sp³-hybridized carbons (Fsp3) is 0. The number of nitrogens with zero attached hydrogens (tertiary/aromatic N) is 2. The third-order valence-corrected chi connectivity index (χ3v) is 3.19. The maximum absolute atomic E-state index is 6.00. The van der Waals surface area contributed by atoms with Gasteiger partial charge in [0.05, 0.1) is 21.9 Å². The first-order valence-corrected chi connectivity index (χ1v) is 6.57. The monoisotopic (exact) mass is 298 g/mol. The van der Waals surface area contributed by atoms with Gasteiger partial charge in [-0.1, -0.05) is 34.4 Å². The Hall–Kier alpha value is -1.36. The van der Waals surface area contributed by atoms with Crippen LogP contribution in [-0.2, 0) is 0 Å². The lowest BCUT2D eigenvalue weighted by molar-refractivity contribution is 0.420. The molecule has 0 saturated heterocycles. The van der Waals surface area contributed by atoms with Gasteiger partial charge in [-0.15, -0.1) is 0 Å². The molecule has 3 aromatic rings. The highest BCUT2D eigenvalue weighted by atomic mass is 35.5. The zero-order valence-corrected chi connectivity index (χ0v) is 11.4. The Morgan fingerprint density at radius 1 is 1.06 bits per heavy atom. The predicted molar refractivity (Wildman–Crippen MR) is 74.1 cm³/mol. The van der Waals surface area contributed by atoms with Gasteiger partial charge in [0.1, 0.15) is 6.26 Å². The number of benzene rings is 1. The van der Waals surface area contributed by atoms with E-state index in [9.17, 15) is 0 Å². The summed E-state index contributed by atoms with van der Waals surface area (Å²) >= 11 is 13.4. The molecule has 2 aromatic heterocycles. The van der Waals surface area contributed by atoms with Gasteiger partial charge in [-0.2, -0.15) is 4.37 Å². The van der Waals surface area contributed by atoms with Crippen LogP contribution >= 0.6 is 34.7 Å². The van der Waals surface area contributed by atoms with Gasteiger partial charge in [0.15, 0.2) is 0 Å². The summed E-state index contributed by atoms with van der Waals surface area (Å²) in [6, 6.07) is 9.06. The average molecular weight is 299 g/mol. The molecule has 0 saturated carbocycles. The van der Waals surface area contributed by atoms with Crippen LogP contribution in [0.15, 0.2) is 52.7 Å². The van der Waals surface area contributed by atoms with E-state index in [0.717, 1.165) is 11.3 Å². The zero-order chi connectivity index (χ0) is 12.8.